The third-order valence-electron chi connectivity index (χ3n) is 2.39. The van der Waals surface area contributed by atoms with Crippen LogP contribution in [0.3, 0.4) is 0 Å². The molecular formula is C6H14Cl2N2. The van der Waals surface area contributed by atoms with Crippen LogP contribution in [0.25, 0.3) is 0 Å². The summed E-state index contributed by atoms with van der Waals surface area (Å²) in [5, 5.41) is 3.37. The zero-order chi connectivity index (χ0) is 5.56. The monoisotopic (exact) mass is 184 g/mol. The van der Waals surface area contributed by atoms with E-state index in [1.54, 1.807) is 0 Å². The number of fused-ring (bicyclic) bond motifs is 1. The van der Waals surface area contributed by atoms with Crippen molar-refractivity contribution in [1.29, 1.82) is 0 Å². The molecular weight excluding hydrogens is 171 g/mol. The average molecular weight is 185 g/mol. The maximum atomic E-state index is 3.37. The van der Waals surface area contributed by atoms with Gasteiger partial charge < -0.3 is 10.2 Å². The van der Waals surface area contributed by atoms with E-state index in [-0.39, 0.29) is 24.8 Å². The summed E-state index contributed by atoms with van der Waals surface area (Å²) in [6.45, 7) is 3.80. The third-order valence-corrected chi connectivity index (χ3v) is 2.39. The molecule has 2 saturated heterocycles. The fraction of sp³-hybridized carbons (Fsp3) is 1.00. The molecule has 0 aliphatic carbocycles. The summed E-state index contributed by atoms with van der Waals surface area (Å²) in [6.07, 6.45) is 0. The Kier molecular flexibility index (Phi) is 3.95. The second kappa shape index (κ2) is 3.77. The van der Waals surface area contributed by atoms with Gasteiger partial charge >= 0.3 is 0 Å². The van der Waals surface area contributed by atoms with Crippen LogP contribution >= 0.6 is 24.8 Å². The number of likely N-dealkylation sites (N-methyl/N-ethyl adjacent to an activating group) is 1. The van der Waals surface area contributed by atoms with E-state index >= 15 is 0 Å². The van der Waals surface area contributed by atoms with Gasteiger partial charge in [0.1, 0.15) is 0 Å². The van der Waals surface area contributed by atoms with Crippen molar-refractivity contribution in [1.82, 2.24) is 10.2 Å². The van der Waals surface area contributed by atoms with Crippen LogP contribution in [0.5, 0.6) is 0 Å². The fourth-order valence-corrected chi connectivity index (χ4v) is 1.79. The molecule has 0 bridgehead atoms. The minimum atomic E-state index is 0. The van der Waals surface area contributed by atoms with Crippen LogP contribution in [0.4, 0.5) is 0 Å². The van der Waals surface area contributed by atoms with E-state index in [1.807, 2.05) is 0 Å². The van der Waals surface area contributed by atoms with Gasteiger partial charge in [0.15, 0.2) is 0 Å². The van der Waals surface area contributed by atoms with Crippen molar-refractivity contribution < 1.29 is 0 Å². The fourth-order valence-electron chi connectivity index (χ4n) is 1.79. The van der Waals surface area contributed by atoms with Crippen LogP contribution in [-0.4, -0.2) is 37.6 Å². The number of likely N-dealkylation sites (tertiary alicyclic amines) is 1. The Morgan fingerprint density at radius 2 is 2.00 bits per heavy atom. The highest BCUT2D eigenvalue weighted by Gasteiger charge is 2.39. The molecule has 2 rings (SSSR count). The Bertz CT molecular complexity index is 110. The molecule has 62 valence electrons. The molecule has 2 nitrogen and oxygen atoms in total. The van der Waals surface area contributed by atoms with Crippen LogP contribution in [0.1, 0.15) is 0 Å². The molecule has 2 heterocycles. The Labute approximate surface area is 74.2 Å². The van der Waals surface area contributed by atoms with E-state index in [1.165, 1.54) is 19.6 Å². The first-order chi connectivity index (χ1) is 3.88. The first-order valence-electron chi connectivity index (χ1n) is 3.29. The molecule has 0 aromatic heterocycles. The Balaban J connectivity index is 0.000000405. The van der Waals surface area contributed by atoms with Crippen molar-refractivity contribution >= 4 is 24.8 Å². The summed E-state index contributed by atoms with van der Waals surface area (Å²) < 4.78 is 0. The summed E-state index contributed by atoms with van der Waals surface area (Å²) in [7, 11) is 2.20. The SMILES string of the molecule is CN1C[C@@H]2CNC[C@@H]21.Cl.Cl. The largest absolute Gasteiger partial charge is 0.315 e. The molecule has 0 saturated carbocycles. The lowest BCUT2D eigenvalue weighted by atomic mass is 9.93. The van der Waals surface area contributed by atoms with Gasteiger partial charge in [0.2, 0.25) is 0 Å². The second-order valence-electron chi connectivity index (χ2n) is 2.93. The lowest BCUT2D eigenvalue weighted by molar-refractivity contribution is 0.0827. The number of rotatable bonds is 0. The first-order valence-corrected chi connectivity index (χ1v) is 3.29. The van der Waals surface area contributed by atoms with Crippen molar-refractivity contribution in [2.24, 2.45) is 5.92 Å². The van der Waals surface area contributed by atoms with Gasteiger partial charge in [0.05, 0.1) is 0 Å². The summed E-state index contributed by atoms with van der Waals surface area (Å²) in [6, 6.07) is 0.884. The second-order valence-corrected chi connectivity index (χ2v) is 2.93. The van der Waals surface area contributed by atoms with Crippen molar-refractivity contribution in [3.05, 3.63) is 0 Å². The van der Waals surface area contributed by atoms with Crippen molar-refractivity contribution in [3.63, 3.8) is 0 Å². The van der Waals surface area contributed by atoms with Gasteiger partial charge in [-0.2, -0.15) is 0 Å². The number of nitrogens with one attached hydrogen (secondary N) is 1. The Morgan fingerprint density at radius 3 is 2.40 bits per heavy atom. The normalized spacial score (nSPS) is 36.9. The van der Waals surface area contributed by atoms with Crippen LogP contribution in [0.15, 0.2) is 0 Å². The highest BCUT2D eigenvalue weighted by atomic mass is 35.5. The summed E-state index contributed by atoms with van der Waals surface area (Å²) in [4.78, 5) is 2.42. The highest BCUT2D eigenvalue weighted by molar-refractivity contribution is 5.85. The molecule has 2 aliphatic heterocycles. The molecule has 2 atom stereocenters. The number of hydrogen-bond donors (Lipinski definition) is 1. The van der Waals surface area contributed by atoms with Crippen LogP contribution < -0.4 is 5.32 Å². The Morgan fingerprint density at radius 1 is 1.30 bits per heavy atom. The molecule has 0 aromatic carbocycles. The summed E-state index contributed by atoms with van der Waals surface area (Å²) in [5.74, 6) is 0.986. The van der Waals surface area contributed by atoms with Crippen molar-refractivity contribution in [3.8, 4) is 0 Å². The van der Waals surface area contributed by atoms with Gasteiger partial charge in [-0.1, -0.05) is 0 Å². The number of hydrogen-bond acceptors (Lipinski definition) is 2. The van der Waals surface area contributed by atoms with Gasteiger partial charge in [-0.3, -0.25) is 0 Å². The van der Waals surface area contributed by atoms with E-state index in [4.69, 9.17) is 0 Å². The summed E-state index contributed by atoms with van der Waals surface area (Å²) >= 11 is 0. The first kappa shape index (κ1) is 10.5. The summed E-state index contributed by atoms with van der Waals surface area (Å²) in [5.41, 5.74) is 0. The van der Waals surface area contributed by atoms with E-state index in [0.717, 1.165) is 12.0 Å². The van der Waals surface area contributed by atoms with Crippen molar-refractivity contribution in [2.45, 2.75) is 6.04 Å². The van der Waals surface area contributed by atoms with Crippen LogP contribution in [-0.2, 0) is 0 Å². The van der Waals surface area contributed by atoms with Crippen LogP contribution in [0.2, 0.25) is 0 Å². The molecule has 2 fully saturated rings. The molecule has 4 heteroatoms. The quantitative estimate of drug-likeness (QED) is 0.586. The van der Waals surface area contributed by atoms with E-state index in [2.05, 4.69) is 17.3 Å². The molecule has 2 aliphatic rings. The molecule has 1 N–H and O–H groups in total. The minimum absolute atomic E-state index is 0. The third kappa shape index (κ3) is 1.40. The molecule has 0 amide bonds. The van der Waals surface area contributed by atoms with Crippen molar-refractivity contribution in [2.75, 3.05) is 26.7 Å². The smallest absolute Gasteiger partial charge is 0.0270 e. The van der Waals surface area contributed by atoms with Gasteiger partial charge in [-0.05, 0) is 7.05 Å². The molecule has 0 unspecified atom stereocenters. The standard InChI is InChI=1S/C6H12N2.2ClH/c1-8-4-5-2-7-3-6(5)8;;/h5-7H,2-4H2,1H3;2*1H/t5-,6-;;/m0../s1. The predicted molar refractivity (Wildman–Crippen MR) is 47.3 cm³/mol. The molecule has 0 aromatic rings. The predicted octanol–water partition coefficient (Wildman–Crippen LogP) is 0.363. The van der Waals surface area contributed by atoms with Crippen LogP contribution in [0, 0.1) is 5.92 Å². The maximum Gasteiger partial charge on any atom is 0.0270 e. The Hall–Kier alpha value is 0.500. The number of nitrogens with zero attached hydrogens (tertiary/aromatic N) is 1. The van der Waals surface area contributed by atoms with E-state index < -0.39 is 0 Å². The number of halogens is 2. The lowest BCUT2D eigenvalue weighted by Gasteiger charge is -2.40. The van der Waals surface area contributed by atoms with Gasteiger partial charge in [-0.25, -0.2) is 0 Å². The molecule has 0 radical (unpaired) electrons. The molecule has 10 heavy (non-hydrogen) atoms. The average Bonchev–Trinajstić information content (AvgIpc) is 2.09. The zero-order valence-electron chi connectivity index (χ0n) is 6.04. The highest BCUT2D eigenvalue weighted by Crippen LogP contribution is 2.24. The van der Waals surface area contributed by atoms with Gasteiger partial charge in [0, 0.05) is 31.6 Å². The topological polar surface area (TPSA) is 15.3 Å². The lowest BCUT2D eigenvalue weighted by Crippen LogP contribution is -2.52. The van der Waals surface area contributed by atoms with Gasteiger partial charge in [0.25, 0.3) is 0 Å². The van der Waals surface area contributed by atoms with Gasteiger partial charge in [-0.15, -0.1) is 24.8 Å². The zero-order valence-corrected chi connectivity index (χ0v) is 7.67. The van der Waals surface area contributed by atoms with E-state index in [0.29, 0.717) is 0 Å². The molecule has 0 spiro atoms. The minimum Gasteiger partial charge on any atom is -0.315 e. The van der Waals surface area contributed by atoms with E-state index in [9.17, 15) is 0 Å². The maximum absolute atomic E-state index is 3.37.